The molecular formula is C27H44P2. The maximum Gasteiger partial charge on any atom is 0.00260 e. The van der Waals surface area contributed by atoms with E-state index < -0.39 is 0 Å². The fraction of sp³-hybridized carbons (Fsp3) is 0.852. The Morgan fingerprint density at radius 2 is 1.00 bits per heavy atom. The monoisotopic (exact) mass is 430 g/mol. The van der Waals surface area contributed by atoms with Crippen LogP contribution in [0.4, 0.5) is 0 Å². The maximum absolute atomic E-state index is 2.64. The van der Waals surface area contributed by atoms with E-state index in [1.165, 1.54) is 57.5 Å². The Balaban J connectivity index is 1.27. The molecule has 0 bridgehead atoms. The molecule has 2 heteroatoms. The Labute approximate surface area is 183 Å². The molecular weight excluding hydrogens is 386 g/mol. The Kier molecular flexibility index (Phi) is 7.53. The lowest BCUT2D eigenvalue weighted by molar-refractivity contribution is 0.790. The molecule has 29 heavy (non-hydrogen) atoms. The van der Waals surface area contributed by atoms with Gasteiger partial charge in [-0.2, -0.15) is 0 Å². The lowest BCUT2D eigenvalue weighted by atomic mass is 10.1. The van der Waals surface area contributed by atoms with Gasteiger partial charge in [-0.25, -0.2) is 0 Å². The first-order valence-electron chi connectivity index (χ1n) is 13.3. The van der Waals surface area contributed by atoms with Crippen LogP contribution in [0.2, 0.25) is 0 Å². The average Bonchev–Trinajstić information content (AvgIpc) is 3.57. The van der Waals surface area contributed by atoms with E-state index in [1.807, 2.05) is 5.57 Å². The molecule has 0 heterocycles. The van der Waals surface area contributed by atoms with Crippen LogP contribution in [0.3, 0.4) is 0 Å². The molecule has 0 radical (unpaired) electrons. The minimum Gasteiger partial charge on any atom is -0.0994 e. The lowest BCUT2D eigenvalue weighted by Gasteiger charge is -2.35. The highest BCUT2D eigenvalue weighted by Gasteiger charge is 2.37. The number of hydrogen-bond donors (Lipinski definition) is 0. The van der Waals surface area contributed by atoms with Crippen LogP contribution in [0, 0.1) is 5.92 Å². The quantitative estimate of drug-likeness (QED) is 0.337. The summed E-state index contributed by atoms with van der Waals surface area (Å²) in [6.45, 7) is 0. The van der Waals surface area contributed by atoms with Crippen LogP contribution in [-0.2, 0) is 0 Å². The SMILES string of the molecule is C1=CC(CP(C2CCCC2)C2CCCC2)C(CP(C2CCCC2)C2CCCC2)=C1. The van der Waals surface area contributed by atoms with Gasteiger partial charge in [0, 0.05) is 5.92 Å². The van der Waals surface area contributed by atoms with E-state index in [1.54, 1.807) is 57.5 Å². The van der Waals surface area contributed by atoms with Gasteiger partial charge in [0.15, 0.2) is 0 Å². The van der Waals surface area contributed by atoms with E-state index >= 15 is 0 Å². The minimum absolute atomic E-state index is 0.253. The van der Waals surface area contributed by atoms with Crippen molar-refractivity contribution in [3.8, 4) is 0 Å². The third-order valence-corrected chi connectivity index (χ3v) is 16.4. The van der Waals surface area contributed by atoms with Crippen LogP contribution in [0.25, 0.3) is 0 Å². The molecule has 1 atom stereocenters. The van der Waals surface area contributed by atoms with Crippen molar-refractivity contribution in [2.75, 3.05) is 12.3 Å². The summed E-state index contributed by atoms with van der Waals surface area (Å²) in [5.41, 5.74) is 6.42. The lowest BCUT2D eigenvalue weighted by Crippen LogP contribution is -2.20. The second-order valence-electron chi connectivity index (χ2n) is 10.9. The van der Waals surface area contributed by atoms with E-state index in [4.69, 9.17) is 0 Å². The molecule has 0 spiro atoms. The van der Waals surface area contributed by atoms with Crippen LogP contribution < -0.4 is 0 Å². The van der Waals surface area contributed by atoms with Crippen molar-refractivity contribution < 1.29 is 0 Å². The van der Waals surface area contributed by atoms with Crippen LogP contribution in [-0.4, -0.2) is 35.0 Å². The Bertz CT molecular complexity index is 537. The summed E-state index contributed by atoms with van der Waals surface area (Å²) < 4.78 is 0. The van der Waals surface area contributed by atoms with Crippen LogP contribution >= 0.6 is 15.8 Å². The van der Waals surface area contributed by atoms with Crippen molar-refractivity contribution in [2.45, 2.75) is 125 Å². The van der Waals surface area contributed by atoms with Gasteiger partial charge in [-0.05, 0) is 86.3 Å². The zero-order valence-electron chi connectivity index (χ0n) is 18.7. The van der Waals surface area contributed by atoms with Gasteiger partial charge in [-0.15, -0.1) is 0 Å². The van der Waals surface area contributed by atoms with E-state index in [9.17, 15) is 0 Å². The van der Waals surface area contributed by atoms with Crippen molar-refractivity contribution >= 4 is 15.8 Å². The van der Waals surface area contributed by atoms with Gasteiger partial charge >= 0.3 is 0 Å². The third kappa shape index (κ3) is 5.06. The second-order valence-corrected chi connectivity index (χ2v) is 16.5. The predicted molar refractivity (Wildman–Crippen MR) is 133 cm³/mol. The van der Waals surface area contributed by atoms with Crippen LogP contribution in [0.15, 0.2) is 23.8 Å². The van der Waals surface area contributed by atoms with E-state index in [-0.39, 0.29) is 15.8 Å². The van der Waals surface area contributed by atoms with Gasteiger partial charge in [-0.1, -0.05) is 91.0 Å². The molecule has 0 nitrogen and oxygen atoms in total. The van der Waals surface area contributed by atoms with Crippen molar-refractivity contribution in [1.29, 1.82) is 0 Å². The van der Waals surface area contributed by atoms with E-state index in [2.05, 4.69) is 18.2 Å². The molecule has 5 aliphatic rings. The average molecular weight is 431 g/mol. The largest absolute Gasteiger partial charge is 0.0994 e. The highest BCUT2D eigenvalue weighted by Crippen LogP contribution is 2.61. The van der Waals surface area contributed by atoms with Crippen molar-refractivity contribution in [3.05, 3.63) is 23.8 Å². The number of allylic oxidation sites excluding steroid dienone is 4. The fourth-order valence-electron chi connectivity index (χ4n) is 7.44. The maximum atomic E-state index is 2.64. The molecule has 162 valence electrons. The van der Waals surface area contributed by atoms with Crippen LogP contribution in [0.1, 0.15) is 103 Å². The normalized spacial score (nSPS) is 30.0. The summed E-state index contributed by atoms with van der Waals surface area (Å²) in [7, 11) is 0.522. The topological polar surface area (TPSA) is 0 Å². The third-order valence-electron chi connectivity index (χ3n) is 9.08. The highest BCUT2D eigenvalue weighted by molar-refractivity contribution is 7.59. The van der Waals surface area contributed by atoms with Crippen molar-refractivity contribution in [2.24, 2.45) is 5.92 Å². The second kappa shape index (κ2) is 10.3. The Morgan fingerprint density at radius 1 is 0.586 bits per heavy atom. The molecule has 0 N–H and O–H groups in total. The summed E-state index contributed by atoms with van der Waals surface area (Å²) in [6, 6.07) is 0. The molecule has 0 aliphatic heterocycles. The van der Waals surface area contributed by atoms with Crippen molar-refractivity contribution in [3.63, 3.8) is 0 Å². The summed E-state index contributed by atoms with van der Waals surface area (Å²) in [5.74, 6) is 0.843. The van der Waals surface area contributed by atoms with E-state index in [0.717, 1.165) is 28.6 Å². The standard InChI is InChI=1S/C27H44P2/c1-2-13-24(12-1)28(25-14-3-4-15-25)20-22-10-9-11-23(22)21-29(26-16-5-6-17-26)27-18-7-8-19-27/h9-11,22,24-27H,1-8,12-21H2. The minimum atomic E-state index is 0.253. The molecule has 0 amide bonds. The number of hydrogen-bond acceptors (Lipinski definition) is 0. The van der Waals surface area contributed by atoms with Gasteiger partial charge < -0.3 is 0 Å². The zero-order chi connectivity index (χ0) is 19.5. The Morgan fingerprint density at radius 3 is 1.45 bits per heavy atom. The molecule has 0 aromatic carbocycles. The molecule has 4 saturated carbocycles. The van der Waals surface area contributed by atoms with Crippen LogP contribution in [0.5, 0.6) is 0 Å². The molecule has 0 aromatic heterocycles. The number of rotatable bonds is 8. The summed E-state index contributed by atoms with van der Waals surface area (Å²) in [6.07, 6.45) is 35.7. The summed E-state index contributed by atoms with van der Waals surface area (Å²) in [5, 5.41) is 0. The highest BCUT2D eigenvalue weighted by atomic mass is 31.1. The van der Waals surface area contributed by atoms with Gasteiger partial charge in [0.1, 0.15) is 0 Å². The van der Waals surface area contributed by atoms with Crippen molar-refractivity contribution in [1.82, 2.24) is 0 Å². The predicted octanol–water partition coefficient (Wildman–Crippen LogP) is 8.83. The molecule has 5 aliphatic carbocycles. The van der Waals surface area contributed by atoms with E-state index in [0.29, 0.717) is 0 Å². The first kappa shape index (κ1) is 21.2. The zero-order valence-corrected chi connectivity index (χ0v) is 20.5. The first-order chi connectivity index (χ1) is 14.4. The molecule has 4 fully saturated rings. The fourth-order valence-corrected chi connectivity index (χ4v) is 15.4. The molecule has 1 unspecified atom stereocenters. The van der Waals surface area contributed by atoms with Gasteiger partial charge in [0.2, 0.25) is 0 Å². The first-order valence-corrected chi connectivity index (χ1v) is 16.6. The molecule has 5 rings (SSSR count). The molecule has 0 saturated heterocycles. The van der Waals surface area contributed by atoms with Gasteiger partial charge in [0.05, 0.1) is 0 Å². The molecule has 0 aromatic rings. The summed E-state index contributed by atoms with van der Waals surface area (Å²) >= 11 is 0. The smallest absolute Gasteiger partial charge is 0.00260 e. The van der Waals surface area contributed by atoms with Gasteiger partial charge in [-0.3, -0.25) is 0 Å². The summed E-state index contributed by atoms with van der Waals surface area (Å²) in [4.78, 5) is 0. The Hall–Kier alpha value is 0.340. The van der Waals surface area contributed by atoms with Gasteiger partial charge in [0.25, 0.3) is 0 Å².